The first-order chi connectivity index (χ1) is 9.18. The number of nitrogens with two attached hydrogens (primary N) is 1. The monoisotopic (exact) mass is 319 g/mol. The van der Waals surface area contributed by atoms with E-state index in [0.717, 1.165) is 5.56 Å². The molecule has 1 aromatic rings. The van der Waals surface area contributed by atoms with Crippen molar-refractivity contribution < 1.29 is 17.3 Å². The predicted molar refractivity (Wildman–Crippen MR) is 76.5 cm³/mol. The molecule has 0 amide bonds. The molecule has 5 nitrogen and oxygen atoms in total. The normalized spacial score (nSPS) is 25.8. The van der Waals surface area contributed by atoms with Gasteiger partial charge in [0.15, 0.2) is 0 Å². The van der Waals surface area contributed by atoms with Crippen LogP contribution < -0.4 is 5.14 Å². The van der Waals surface area contributed by atoms with Crippen LogP contribution >= 0.6 is 11.6 Å². The lowest BCUT2D eigenvalue weighted by atomic mass is 9.91. The molecule has 1 aliphatic heterocycles. The van der Waals surface area contributed by atoms with Crippen LogP contribution in [0.4, 0.5) is 0 Å². The largest absolute Gasteiger partial charge is 0.367 e. The Morgan fingerprint density at radius 2 is 2.10 bits per heavy atom. The number of hydrogen-bond donors (Lipinski definition) is 1. The molecule has 20 heavy (non-hydrogen) atoms. The van der Waals surface area contributed by atoms with Crippen LogP contribution in [0.5, 0.6) is 0 Å². The van der Waals surface area contributed by atoms with Gasteiger partial charge in [0.25, 0.3) is 0 Å². The van der Waals surface area contributed by atoms with Crippen molar-refractivity contribution in [1.82, 2.24) is 0 Å². The molecule has 2 atom stereocenters. The Labute approximate surface area is 124 Å². The Morgan fingerprint density at radius 3 is 2.70 bits per heavy atom. The van der Waals surface area contributed by atoms with Crippen molar-refractivity contribution in [3.8, 4) is 0 Å². The molecular weight excluding hydrogens is 302 g/mol. The van der Waals surface area contributed by atoms with Gasteiger partial charge in [-0.2, -0.15) is 8.42 Å². The molecule has 0 radical (unpaired) electrons. The van der Waals surface area contributed by atoms with Crippen LogP contribution in [0.15, 0.2) is 24.3 Å². The van der Waals surface area contributed by atoms with Crippen LogP contribution in [0.1, 0.15) is 31.9 Å². The van der Waals surface area contributed by atoms with Crippen LogP contribution in [0, 0.1) is 5.92 Å². The molecule has 0 aliphatic carbocycles. The third-order valence-electron chi connectivity index (χ3n) is 3.29. The summed E-state index contributed by atoms with van der Waals surface area (Å²) in [5, 5.41) is 5.47. The Hall–Kier alpha value is -0.660. The first-order valence-electron chi connectivity index (χ1n) is 6.27. The lowest BCUT2D eigenvalue weighted by Gasteiger charge is -2.21. The van der Waals surface area contributed by atoms with E-state index in [0.29, 0.717) is 11.4 Å². The van der Waals surface area contributed by atoms with Crippen molar-refractivity contribution in [3.63, 3.8) is 0 Å². The van der Waals surface area contributed by atoms with Gasteiger partial charge in [0.05, 0.1) is 18.3 Å². The van der Waals surface area contributed by atoms with Gasteiger partial charge in [-0.05, 0) is 31.9 Å². The Morgan fingerprint density at radius 1 is 1.45 bits per heavy atom. The zero-order valence-corrected chi connectivity index (χ0v) is 12.9. The zero-order valence-electron chi connectivity index (χ0n) is 11.4. The molecular formula is C13H18ClNO4S. The highest BCUT2D eigenvalue weighted by atomic mass is 35.5. The molecule has 2 rings (SSSR count). The maximum Gasteiger partial charge on any atom is 0.333 e. The van der Waals surface area contributed by atoms with E-state index in [4.69, 9.17) is 25.7 Å². The van der Waals surface area contributed by atoms with Crippen molar-refractivity contribution in [2.75, 3.05) is 6.61 Å². The van der Waals surface area contributed by atoms with E-state index in [1.54, 1.807) is 6.07 Å². The molecule has 1 aliphatic rings. The van der Waals surface area contributed by atoms with Gasteiger partial charge in [-0.25, -0.2) is 5.14 Å². The van der Waals surface area contributed by atoms with Gasteiger partial charge in [-0.3, -0.25) is 4.18 Å². The average molecular weight is 320 g/mol. The molecule has 7 heteroatoms. The highest BCUT2D eigenvalue weighted by Crippen LogP contribution is 2.45. The maximum absolute atomic E-state index is 10.9. The highest BCUT2D eigenvalue weighted by molar-refractivity contribution is 7.84. The molecule has 0 aromatic heterocycles. The van der Waals surface area contributed by atoms with Crippen molar-refractivity contribution in [3.05, 3.63) is 34.9 Å². The SMILES string of the molecule is CC1(C)CC(COS(N)(=O)=O)C(c2ccccc2Cl)O1. The van der Waals surface area contributed by atoms with Gasteiger partial charge in [0.2, 0.25) is 0 Å². The number of rotatable bonds is 4. The number of ether oxygens (including phenoxy) is 1. The van der Waals surface area contributed by atoms with E-state index >= 15 is 0 Å². The summed E-state index contributed by atoms with van der Waals surface area (Å²) in [5.41, 5.74) is 0.471. The van der Waals surface area contributed by atoms with Crippen molar-refractivity contribution >= 4 is 21.9 Å². The standard InChI is InChI=1S/C13H18ClNO4S/c1-13(2)7-9(8-18-20(15,16)17)12(19-13)10-5-3-4-6-11(10)14/h3-6,9,12H,7-8H2,1-2H3,(H2,15,16,17). The first kappa shape index (κ1) is 15.7. The van der Waals surface area contributed by atoms with E-state index in [1.807, 2.05) is 32.0 Å². The molecule has 1 heterocycles. The molecule has 112 valence electrons. The lowest BCUT2D eigenvalue weighted by molar-refractivity contribution is -0.0245. The Bertz CT molecular complexity index is 588. The summed E-state index contributed by atoms with van der Waals surface area (Å²) in [6.07, 6.45) is 0.360. The molecule has 1 saturated heterocycles. The van der Waals surface area contributed by atoms with Crippen LogP contribution in [0.2, 0.25) is 5.02 Å². The van der Waals surface area contributed by atoms with Gasteiger partial charge >= 0.3 is 10.3 Å². The molecule has 2 N–H and O–H groups in total. The molecule has 0 saturated carbocycles. The maximum atomic E-state index is 10.9. The van der Waals surface area contributed by atoms with Gasteiger partial charge in [-0.15, -0.1) is 0 Å². The van der Waals surface area contributed by atoms with E-state index < -0.39 is 10.3 Å². The summed E-state index contributed by atoms with van der Waals surface area (Å²) in [6, 6.07) is 7.36. The molecule has 1 aromatic carbocycles. The molecule has 0 bridgehead atoms. The zero-order chi connectivity index (χ0) is 15.0. The minimum Gasteiger partial charge on any atom is -0.367 e. The van der Waals surface area contributed by atoms with Crippen molar-refractivity contribution in [2.24, 2.45) is 11.1 Å². The Kier molecular flexibility index (Phi) is 4.41. The van der Waals surface area contributed by atoms with Crippen LogP contribution in [-0.4, -0.2) is 20.6 Å². The second kappa shape index (κ2) is 5.61. The van der Waals surface area contributed by atoms with Gasteiger partial charge in [0.1, 0.15) is 0 Å². The summed E-state index contributed by atoms with van der Waals surface area (Å²) < 4.78 is 32.6. The summed E-state index contributed by atoms with van der Waals surface area (Å²) >= 11 is 6.19. The Balaban J connectivity index is 2.23. The van der Waals surface area contributed by atoms with E-state index in [1.165, 1.54) is 0 Å². The molecule has 2 unspecified atom stereocenters. The summed E-state index contributed by atoms with van der Waals surface area (Å²) in [5.74, 6) is -0.122. The van der Waals surface area contributed by atoms with Crippen molar-refractivity contribution in [1.29, 1.82) is 0 Å². The van der Waals surface area contributed by atoms with Gasteiger partial charge in [0, 0.05) is 10.9 Å². The summed E-state index contributed by atoms with van der Waals surface area (Å²) in [4.78, 5) is 0. The lowest BCUT2D eigenvalue weighted by Crippen LogP contribution is -2.22. The van der Waals surface area contributed by atoms with Crippen LogP contribution in [-0.2, 0) is 19.2 Å². The fourth-order valence-electron chi connectivity index (χ4n) is 2.58. The number of halogens is 1. The topological polar surface area (TPSA) is 78.6 Å². The quantitative estimate of drug-likeness (QED) is 0.924. The van der Waals surface area contributed by atoms with Crippen LogP contribution in [0.3, 0.4) is 0 Å². The average Bonchev–Trinajstić information content (AvgIpc) is 2.62. The first-order valence-corrected chi connectivity index (χ1v) is 8.12. The number of benzene rings is 1. The van der Waals surface area contributed by atoms with Gasteiger partial charge < -0.3 is 4.74 Å². The smallest absolute Gasteiger partial charge is 0.333 e. The van der Waals surface area contributed by atoms with Crippen LogP contribution in [0.25, 0.3) is 0 Å². The molecule has 0 spiro atoms. The fourth-order valence-corrected chi connectivity index (χ4v) is 3.19. The third-order valence-corrected chi connectivity index (χ3v) is 4.09. The number of hydrogen-bond acceptors (Lipinski definition) is 4. The van der Waals surface area contributed by atoms with E-state index in [-0.39, 0.29) is 24.2 Å². The van der Waals surface area contributed by atoms with Gasteiger partial charge in [-0.1, -0.05) is 29.8 Å². The second-order valence-corrected chi connectivity index (χ2v) is 7.19. The van der Waals surface area contributed by atoms with E-state index in [2.05, 4.69) is 0 Å². The minimum absolute atomic E-state index is 0.0157. The second-order valence-electron chi connectivity index (χ2n) is 5.56. The minimum atomic E-state index is -3.95. The summed E-state index contributed by atoms with van der Waals surface area (Å²) in [6.45, 7) is 3.89. The molecule has 1 fully saturated rings. The third kappa shape index (κ3) is 3.93. The summed E-state index contributed by atoms with van der Waals surface area (Å²) in [7, 11) is -3.95. The van der Waals surface area contributed by atoms with E-state index in [9.17, 15) is 8.42 Å². The fraction of sp³-hybridized carbons (Fsp3) is 0.538. The predicted octanol–water partition coefficient (Wildman–Crippen LogP) is 2.42. The highest BCUT2D eigenvalue weighted by Gasteiger charge is 2.42. The van der Waals surface area contributed by atoms with Crippen molar-refractivity contribution in [2.45, 2.75) is 32.0 Å².